The quantitative estimate of drug-likeness (QED) is 0.669. The first-order valence-corrected chi connectivity index (χ1v) is 2.57. The van der Waals surface area contributed by atoms with Crippen molar-refractivity contribution in [3.8, 4) is 0 Å². The number of carbonyl (C=O) groups is 1. The summed E-state index contributed by atoms with van der Waals surface area (Å²) in [6.45, 7) is 0. The molecular weight excluding hydrogens is 196 g/mol. The van der Waals surface area contributed by atoms with Crippen molar-refractivity contribution < 1.29 is 9.90 Å². The molecule has 0 aliphatic heterocycles. The van der Waals surface area contributed by atoms with Crippen molar-refractivity contribution >= 4 is 23.0 Å². The topological polar surface area (TPSA) is 40.1 Å². The van der Waals surface area contributed by atoms with E-state index in [-0.39, 0.29) is 22.5 Å². The van der Waals surface area contributed by atoms with Gasteiger partial charge >= 0.3 is 0 Å². The monoisotopic (exact) mass is 201 g/mol. The van der Waals surface area contributed by atoms with E-state index in [4.69, 9.17) is 0 Å². The lowest BCUT2D eigenvalue weighted by Crippen LogP contribution is -2.21. The molecule has 0 N–H and O–H groups in total. The first-order valence-electron chi connectivity index (χ1n) is 2.57. The molecule has 0 saturated carbocycles. The minimum absolute atomic E-state index is 0. The average molecular weight is 202 g/mol. The maximum atomic E-state index is 10.1. The maximum absolute atomic E-state index is 10.1. The molecule has 0 amide bonds. The molecule has 0 spiro atoms. The molecule has 0 unspecified atom stereocenters. The highest BCUT2D eigenvalue weighted by Gasteiger charge is 1.85. The van der Waals surface area contributed by atoms with Gasteiger partial charge in [0.1, 0.15) is 0 Å². The fraction of sp³-hybridized carbons (Fsp3) is 0. The van der Waals surface area contributed by atoms with Gasteiger partial charge in [-0.15, -0.1) is 17.0 Å². The van der Waals surface area contributed by atoms with E-state index in [0.717, 1.165) is 0 Å². The van der Waals surface area contributed by atoms with Gasteiger partial charge in [-0.2, -0.15) is 0 Å². The molecule has 0 saturated heterocycles. The Morgan fingerprint density at radius 3 is 2.00 bits per heavy atom. The Kier molecular flexibility index (Phi) is 3.72. The van der Waals surface area contributed by atoms with Crippen LogP contribution in [0.2, 0.25) is 0 Å². The number of carbonyl (C=O) groups excluding carboxylic acids is 1. The molecule has 3 heteroatoms. The third-order valence-electron chi connectivity index (χ3n) is 1.01. The van der Waals surface area contributed by atoms with Gasteiger partial charge in [-0.25, -0.2) is 0 Å². The van der Waals surface area contributed by atoms with Crippen LogP contribution in [-0.2, 0) is 0 Å². The number of hydrogen-bond donors (Lipinski definition) is 0. The van der Waals surface area contributed by atoms with Crippen LogP contribution in [-0.4, -0.2) is 5.97 Å². The summed E-state index contributed by atoms with van der Waals surface area (Å²) in [6, 6.07) is 8.06. The molecule has 0 bridgehead atoms. The second kappa shape index (κ2) is 4.06. The largest absolute Gasteiger partial charge is 0.545 e. The van der Waals surface area contributed by atoms with Crippen LogP contribution in [0.3, 0.4) is 0 Å². The molecule has 1 rings (SSSR count). The Bertz CT molecular complexity index is 208. The zero-order valence-corrected chi connectivity index (χ0v) is 6.82. The van der Waals surface area contributed by atoms with Crippen LogP contribution < -0.4 is 5.11 Å². The molecule has 0 aliphatic carbocycles. The highest BCUT2D eigenvalue weighted by atomic mass is 79.9. The summed E-state index contributed by atoms with van der Waals surface area (Å²) in [6.07, 6.45) is 0. The third kappa shape index (κ3) is 2.19. The lowest BCUT2D eigenvalue weighted by Gasteiger charge is -1.97. The second-order valence-corrected chi connectivity index (χ2v) is 1.65. The Morgan fingerprint density at radius 1 is 1.20 bits per heavy atom. The van der Waals surface area contributed by atoms with E-state index < -0.39 is 5.97 Å². The number of hydrogen-bond acceptors (Lipinski definition) is 2. The molecule has 2 nitrogen and oxygen atoms in total. The number of rotatable bonds is 1. The normalized spacial score (nSPS) is 8.00. The maximum Gasteiger partial charge on any atom is 0.0715 e. The molecular formula is C7H6BrO2-. The highest BCUT2D eigenvalue weighted by molar-refractivity contribution is 8.93. The summed E-state index contributed by atoms with van der Waals surface area (Å²) >= 11 is 0. The SMILES string of the molecule is Br.O=C([O-])c1ccccc1. The summed E-state index contributed by atoms with van der Waals surface area (Å²) in [7, 11) is 0. The van der Waals surface area contributed by atoms with Crippen LogP contribution in [0, 0.1) is 0 Å². The van der Waals surface area contributed by atoms with Crippen molar-refractivity contribution in [3.05, 3.63) is 35.9 Å². The van der Waals surface area contributed by atoms with Gasteiger partial charge in [0, 0.05) is 0 Å². The van der Waals surface area contributed by atoms with E-state index in [2.05, 4.69) is 0 Å². The molecule has 0 aliphatic rings. The molecule has 54 valence electrons. The van der Waals surface area contributed by atoms with Crippen LogP contribution >= 0.6 is 17.0 Å². The second-order valence-electron chi connectivity index (χ2n) is 1.65. The first kappa shape index (κ1) is 9.17. The van der Waals surface area contributed by atoms with Gasteiger partial charge in [0.25, 0.3) is 0 Å². The van der Waals surface area contributed by atoms with E-state index in [1.807, 2.05) is 0 Å². The fourth-order valence-corrected chi connectivity index (χ4v) is 0.574. The molecule has 1 aromatic carbocycles. The van der Waals surface area contributed by atoms with Crippen molar-refractivity contribution in [2.24, 2.45) is 0 Å². The summed E-state index contributed by atoms with van der Waals surface area (Å²) in [5.41, 5.74) is 0.220. The van der Waals surface area contributed by atoms with Crippen molar-refractivity contribution in [1.29, 1.82) is 0 Å². The van der Waals surface area contributed by atoms with Crippen LogP contribution in [0.4, 0.5) is 0 Å². The lowest BCUT2D eigenvalue weighted by atomic mass is 10.2. The molecule has 0 heterocycles. The van der Waals surface area contributed by atoms with E-state index in [1.54, 1.807) is 18.2 Å². The summed E-state index contributed by atoms with van der Waals surface area (Å²) in [4.78, 5) is 10.1. The zero-order chi connectivity index (χ0) is 6.69. The van der Waals surface area contributed by atoms with E-state index >= 15 is 0 Å². The van der Waals surface area contributed by atoms with Crippen LogP contribution in [0.25, 0.3) is 0 Å². The van der Waals surface area contributed by atoms with Crippen molar-refractivity contribution in [2.45, 2.75) is 0 Å². The van der Waals surface area contributed by atoms with Gasteiger partial charge < -0.3 is 9.90 Å². The van der Waals surface area contributed by atoms with Gasteiger partial charge in [-0.3, -0.25) is 0 Å². The predicted octanol–water partition coefficient (Wildman–Crippen LogP) is 0.628. The standard InChI is InChI=1S/C7H6O2.BrH/c8-7(9)6-4-2-1-3-5-6;/h1-5H,(H,8,9);1H/p-1. The number of carboxylic acid groups (broad SMARTS) is 1. The third-order valence-corrected chi connectivity index (χ3v) is 1.01. The lowest BCUT2D eigenvalue weighted by molar-refractivity contribution is -0.255. The van der Waals surface area contributed by atoms with Crippen LogP contribution in [0.5, 0.6) is 0 Å². The smallest absolute Gasteiger partial charge is 0.0715 e. The summed E-state index contributed by atoms with van der Waals surface area (Å²) in [5, 5.41) is 10.1. The average Bonchev–Trinajstić information content (AvgIpc) is 1.90. The number of aromatic carboxylic acids is 1. The predicted molar refractivity (Wildman–Crippen MR) is 41.1 cm³/mol. The zero-order valence-electron chi connectivity index (χ0n) is 5.11. The molecule has 0 radical (unpaired) electrons. The number of carboxylic acids is 1. The number of benzene rings is 1. The first-order chi connectivity index (χ1) is 4.30. The Labute approximate surface area is 69.3 Å². The highest BCUT2D eigenvalue weighted by Crippen LogP contribution is 1.94. The van der Waals surface area contributed by atoms with Gasteiger partial charge in [0.05, 0.1) is 5.97 Å². The molecule has 0 aromatic heterocycles. The Balaban J connectivity index is 0.000000810. The van der Waals surface area contributed by atoms with E-state index in [9.17, 15) is 9.90 Å². The fourth-order valence-electron chi connectivity index (χ4n) is 0.574. The van der Waals surface area contributed by atoms with Crippen LogP contribution in [0.1, 0.15) is 10.4 Å². The molecule has 10 heavy (non-hydrogen) atoms. The van der Waals surface area contributed by atoms with E-state index in [1.165, 1.54) is 12.1 Å². The summed E-state index contributed by atoms with van der Waals surface area (Å²) < 4.78 is 0. The van der Waals surface area contributed by atoms with Crippen molar-refractivity contribution in [2.75, 3.05) is 0 Å². The van der Waals surface area contributed by atoms with Crippen LogP contribution in [0.15, 0.2) is 30.3 Å². The Morgan fingerprint density at radius 2 is 1.70 bits per heavy atom. The van der Waals surface area contributed by atoms with Gasteiger partial charge in [-0.1, -0.05) is 30.3 Å². The molecule has 0 atom stereocenters. The minimum atomic E-state index is -1.13. The van der Waals surface area contributed by atoms with E-state index in [0.29, 0.717) is 0 Å². The van der Waals surface area contributed by atoms with Gasteiger partial charge in [-0.05, 0) is 5.56 Å². The van der Waals surface area contributed by atoms with Gasteiger partial charge in [0.15, 0.2) is 0 Å². The number of halogens is 1. The molecule has 1 aromatic rings. The Hall–Kier alpha value is -0.830. The minimum Gasteiger partial charge on any atom is -0.545 e. The summed E-state index contributed by atoms with van der Waals surface area (Å²) in [5.74, 6) is -1.13. The molecule has 0 fully saturated rings. The van der Waals surface area contributed by atoms with Crippen molar-refractivity contribution in [3.63, 3.8) is 0 Å². The van der Waals surface area contributed by atoms with Gasteiger partial charge in [0.2, 0.25) is 0 Å². The van der Waals surface area contributed by atoms with Crippen molar-refractivity contribution in [1.82, 2.24) is 0 Å².